The zero-order chi connectivity index (χ0) is 21.3. The van der Waals surface area contributed by atoms with Gasteiger partial charge in [-0.05, 0) is 31.2 Å². The van der Waals surface area contributed by atoms with Crippen molar-refractivity contribution in [3.05, 3.63) is 48.0 Å². The van der Waals surface area contributed by atoms with Crippen molar-refractivity contribution in [2.24, 2.45) is 0 Å². The number of nitrogens with one attached hydrogen (secondary N) is 1. The van der Waals surface area contributed by atoms with Crippen LogP contribution in [0, 0.1) is 0 Å². The number of thioether (sulfide) groups is 1. The molecule has 158 valence electrons. The molecule has 1 aromatic carbocycles. The molecule has 1 aliphatic rings. The molecule has 1 aromatic heterocycles. The molecular formula is C20H23N5O4S. The number of amides is 3. The van der Waals surface area contributed by atoms with Gasteiger partial charge in [-0.15, -0.1) is 10.2 Å². The summed E-state index contributed by atoms with van der Waals surface area (Å²) in [6, 6.07) is 12.2. The van der Waals surface area contributed by atoms with E-state index in [1.165, 1.54) is 11.8 Å². The van der Waals surface area contributed by atoms with Crippen molar-refractivity contribution >= 4 is 35.5 Å². The molecule has 1 fully saturated rings. The number of rotatable bonds is 6. The third-order valence-electron chi connectivity index (χ3n) is 4.42. The standard InChI is InChI=1S/C20H23N5O4S/c1-2-29-20(28)25-12-10-24(11-13-25)18(26)14-30-17-9-8-16(22-23-17)21-19(27)15-6-4-3-5-7-15/h3-9H,2,10-14H2,1H3,(H,21,22,27). The van der Waals surface area contributed by atoms with Gasteiger partial charge in [-0.3, -0.25) is 9.59 Å². The second-order valence-electron chi connectivity index (χ2n) is 6.43. The fourth-order valence-corrected chi connectivity index (χ4v) is 3.54. The topological polar surface area (TPSA) is 105 Å². The first kappa shape index (κ1) is 21.6. The van der Waals surface area contributed by atoms with E-state index < -0.39 is 0 Å². The van der Waals surface area contributed by atoms with Crippen LogP contribution in [0.4, 0.5) is 10.6 Å². The molecule has 9 nitrogen and oxygen atoms in total. The molecule has 3 rings (SSSR count). The third kappa shape index (κ3) is 5.93. The maximum atomic E-state index is 12.4. The number of piperazine rings is 1. The van der Waals surface area contributed by atoms with Crippen LogP contribution in [-0.2, 0) is 9.53 Å². The first-order valence-electron chi connectivity index (χ1n) is 9.59. The Balaban J connectivity index is 1.43. The van der Waals surface area contributed by atoms with Crippen molar-refractivity contribution in [2.75, 3.05) is 43.9 Å². The lowest BCUT2D eigenvalue weighted by Gasteiger charge is -2.34. The van der Waals surface area contributed by atoms with Gasteiger partial charge in [0.15, 0.2) is 5.82 Å². The maximum Gasteiger partial charge on any atom is 0.409 e. The van der Waals surface area contributed by atoms with E-state index in [2.05, 4.69) is 15.5 Å². The molecule has 1 saturated heterocycles. The van der Waals surface area contributed by atoms with E-state index in [1.54, 1.807) is 53.1 Å². The molecular weight excluding hydrogens is 406 g/mol. The Hall–Kier alpha value is -3.14. The van der Waals surface area contributed by atoms with Crippen LogP contribution in [0.15, 0.2) is 47.5 Å². The fourth-order valence-electron chi connectivity index (χ4n) is 2.82. The molecule has 0 atom stereocenters. The van der Waals surface area contributed by atoms with Crippen LogP contribution in [0.1, 0.15) is 17.3 Å². The van der Waals surface area contributed by atoms with E-state index in [9.17, 15) is 14.4 Å². The van der Waals surface area contributed by atoms with E-state index in [0.29, 0.717) is 49.2 Å². The SMILES string of the molecule is CCOC(=O)N1CCN(C(=O)CSc2ccc(NC(=O)c3ccccc3)nn2)CC1. The summed E-state index contributed by atoms with van der Waals surface area (Å²) in [4.78, 5) is 39.6. The average molecular weight is 430 g/mol. The van der Waals surface area contributed by atoms with Crippen LogP contribution in [-0.4, -0.2) is 76.4 Å². The van der Waals surface area contributed by atoms with Crippen LogP contribution < -0.4 is 5.32 Å². The van der Waals surface area contributed by atoms with Crippen molar-refractivity contribution in [1.29, 1.82) is 0 Å². The highest BCUT2D eigenvalue weighted by atomic mass is 32.2. The van der Waals surface area contributed by atoms with Gasteiger partial charge in [-0.2, -0.15) is 0 Å². The highest BCUT2D eigenvalue weighted by Crippen LogP contribution is 2.17. The molecule has 1 N–H and O–H groups in total. The molecule has 0 radical (unpaired) electrons. The molecule has 2 aromatic rings. The molecule has 10 heteroatoms. The van der Waals surface area contributed by atoms with Crippen molar-refractivity contribution in [2.45, 2.75) is 11.9 Å². The lowest BCUT2D eigenvalue weighted by Crippen LogP contribution is -2.51. The third-order valence-corrected chi connectivity index (χ3v) is 5.32. The van der Waals surface area contributed by atoms with Crippen LogP contribution >= 0.6 is 11.8 Å². The van der Waals surface area contributed by atoms with Gasteiger partial charge in [0.2, 0.25) is 5.91 Å². The van der Waals surface area contributed by atoms with E-state index >= 15 is 0 Å². The first-order chi connectivity index (χ1) is 14.6. The summed E-state index contributed by atoms with van der Waals surface area (Å²) >= 11 is 1.28. The van der Waals surface area contributed by atoms with Gasteiger partial charge in [0.1, 0.15) is 5.03 Å². The molecule has 0 spiro atoms. The van der Waals surface area contributed by atoms with Gasteiger partial charge in [-0.1, -0.05) is 30.0 Å². The number of hydrogen-bond acceptors (Lipinski definition) is 7. The number of aromatic nitrogens is 2. The number of nitrogens with zero attached hydrogens (tertiary/aromatic N) is 4. The van der Waals surface area contributed by atoms with E-state index in [1.807, 2.05) is 6.07 Å². The van der Waals surface area contributed by atoms with Crippen LogP contribution in [0.2, 0.25) is 0 Å². The zero-order valence-electron chi connectivity index (χ0n) is 16.6. The molecule has 0 aliphatic carbocycles. The van der Waals surface area contributed by atoms with Crippen LogP contribution in [0.3, 0.4) is 0 Å². The fraction of sp³-hybridized carbons (Fsp3) is 0.350. The van der Waals surface area contributed by atoms with Gasteiger partial charge in [-0.25, -0.2) is 4.79 Å². The van der Waals surface area contributed by atoms with Gasteiger partial charge in [0.25, 0.3) is 5.91 Å². The number of ether oxygens (including phenoxy) is 1. The largest absolute Gasteiger partial charge is 0.450 e. The normalized spacial score (nSPS) is 13.6. The summed E-state index contributed by atoms with van der Waals surface area (Å²) in [5.41, 5.74) is 0.534. The summed E-state index contributed by atoms with van der Waals surface area (Å²) in [6.45, 7) is 3.99. The number of hydrogen-bond donors (Lipinski definition) is 1. The van der Waals surface area contributed by atoms with Gasteiger partial charge in [0, 0.05) is 31.7 Å². The summed E-state index contributed by atoms with van der Waals surface area (Å²) < 4.78 is 4.98. The van der Waals surface area contributed by atoms with Gasteiger partial charge >= 0.3 is 6.09 Å². The number of benzene rings is 1. The summed E-state index contributed by atoms with van der Waals surface area (Å²) in [5, 5.41) is 11.3. The van der Waals surface area contributed by atoms with Crippen LogP contribution in [0.5, 0.6) is 0 Å². The Morgan fingerprint density at radius 3 is 2.33 bits per heavy atom. The van der Waals surface area contributed by atoms with Crippen molar-refractivity contribution in [3.63, 3.8) is 0 Å². The lowest BCUT2D eigenvalue weighted by atomic mass is 10.2. The Kier molecular flexibility index (Phi) is 7.61. The molecule has 0 unspecified atom stereocenters. The van der Waals surface area contributed by atoms with E-state index in [-0.39, 0.29) is 23.7 Å². The molecule has 2 heterocycles. The first-order valence-corrected chi connectivity index (χ1v) is 10.6. The molecule has 0 saturated carbocycles. The Morgan fingerprint density at radius 1 is 1.00 bits per heavy atom. The Labute approximate surface area is 178 Å². The van der Waals surface area contributed by atoms with Crippen molar-refractivity contribution in [3.8, 4) is 0 Å². The minimum Gasteiger partial charge on any atom is -0.450 e. The molecule has 30 heavy (non-hydrogen) atoms. The van der Waals surface area contributed by atoms with Crippen LogP contribution in [0.25, 0.3) is 0 Å². The molecule has 1 aliphatic heterocycles. The monoisotopic (exact) mass is 429 g/mol. The summed E-state index contributed by atoms with van der Waals surface area (Å²) in [7, 11) is 0. The smallest absolute Gasteiger partial charge is 0.409 e. The minimum absolute atomic E-state index is 0.0215. The van der Waals surface area contributed by atoms with E-state index in [0.717, 1.165) is 0 Å². The quantitative estimate of drug-likeness (QED) is 0.701. The zero-order valence-corrected chi connectivity index (χ0v) is 17.4. The lowest BCUT2D eigenvalue weighted by molar-refractivity contribution is -0.129. The molecule has 0 bridgehead atoms. The Bertz CT molecular complexity index is 871. The van der Waals surface area contributed by atoms with Gasteiger partial charge < -0.3 is 19.9 Å². The molecule has 3 amide bonds. The minimum atomic E-state index is -0.339. The highest BCUT2D eigenvalue weighted by molar-refractivity contribution is 7.99. The second kappa shape index (κ2) is 10.6. The van der Waals surface area contributed by atoms with Crippen molar-refractivity contribution < 1.29 is 19.1 Å². The maximum absolute atomic E-state index is 12.4. The number of carbonyl (C=O) groups excluding carboxylic acids is 3. The van der Waals surface area contributed by atoms with Gasteiger partial charge in [0.05, 0.1) is 12.4 Å². The Morgan fingerprint density at radius 2 is 1.70 bits per heavy atom. The number of anilines is 1. The average Bonchev–Trinajstić information content (AvgIpc) is 2.79. The highest BCUT2D eigenvalue weighted by Gasteiger charge is 2.24. The summed E-state index contributed by atoms with van der Waals surface area (Å²) in [5.74, 6) is 0.285. The number of carbonyl (C=O) groups is 3. The predicted octanol–water partition coefficient (Wildman–Crippen LogP) is 2.12. The predicted molar refractivity (Wildman–Crippen MR) is 112 cm³/mol. The van der Waals surface area contributed by atoms with Crippen molar-refractivity contribution in [1.82, 2.24) is 20.0 Å². The van der Waals surface area contributed by atoms with E-state index in [4.69, 9.17) is 4.74 Å². The second-order valence-corrected chi connectivity index (χ2v) is 7.43. The summed E-state index contributed by atoms with van der Waals surface area (Å²) in [6.07, 6.45) is -0.339.